The predicted octanol–water partition coefficient (Wildman–Crippen LogP) is 4.39. The van der Waals surface area contributed by atoms with Crippen molar-refractivity contribution in [3.05, 3.63) is 71.8 Å². The molecule has 0 amide bonds. The van der Waals surface area contributed by atoms with Gasteiger partial charge < -0.3 is 10.2 Å². The Morgan fingerprint density at radius 1 is 0.947 bits per heavy atom. The molecule has 1 fully saturated rings. The second-order valence-electron chi connectivity index (χ2n) is 9.57. The predicted molar refractivity (Wildman–Crippen MR) is 154 cm³/mol. The summed E-state index contributed by atoms with van der Waals surface area (Å²) >= 11 is 6.30. The molecule has 2 N–H and O–H groups in total. The first-order valence-electron chi connectivity index (χ1n) is 12.4. The van der Waals surface area contributed by atoms with E-state index in [1.807, 2.05) is 43.3 Å². The summed E-state index contributed by atoms with van der Waals surface area (Å²) < 4.78 is 28.3. The first-order chi connectivity index (χ1) is 18.3. The molecule has 0 saturated carbocycles. The highest BCUT2D eigenvalue weighted by molar-refractivity contribution is 7.92. The molecule has 2 aromatic heterocycles. The lowest BCUT2D eigenvalue weighted by molar-refractivity contribution is 0.161. The summed E-state index contributed by atoms with van der Waals surface area (Å²) in [5, 5.41) is 4.82. The van der Waals surface area contributed by atoms with Gasteiger partial charge >= 0.3 is 0 Å². The van der Waals surface area contributed by atoms with Crippen molar-refractivity contribution in [1.29, 1.82) is 0 Å². The molecule has 9 nitrogen and oxygen atoms in total. The van der Waals surface area contributed by atoms with Gasteiger partial charge in [0.2, 0.25) is 10.0 Å². The molecule has 0 atom stereocenters. The molecule has 2 aromatic carbocycles. The van der Waals surface area contributed by atoms with Crippen LogP contribution in [-0.4, -0.2) is 78.7 Å². The molecule has 3 heterocycles. The van der Waals surface area contributed by atoms with Crippen LogP contribution >= 0.6 is 11.6 Å². The van der Waals surface area contributed by atoms with Crippen LogP contribution in [0.3, 0.4) is 0 Å². The number of anilines is 3. The van der Waals surface area contributed by atoms with Crippen LogP contribution in [0.5, 0.6) is 0 Å². The molecule has 0 aliphatic carbocycles. The third-order valence-corrected chi connectivity index (χ3v) is 8.36. The fourth-order valence-corrected chi connectivity index (χ4v) is 5.60. The summed E-state index contributed by atoms with van der Waals surface area (Å²) in [5.74, 6) is 0.678. The Bertz CT molecular complexity index is 1560. The molecule has 1 aliphatic heterocycles. The molecular formula is C27H30ClN7O2S. The fraction of sp³-hybridized carbons (Fsp3) is 0.296. The number of nitrogens with one attached hydrogen (secondary N) is 2. The molecule has 1 saturated heterocycles. The number of benzene rings is 2. The van der Waals surface area contributed by atoms with Gasteiger partial charge in [-0.15, -0.1) is 0 Å². The molecule has 0 unspecified atom stereocenters. The lowest BCUT2D eigenvalue weighted by atomic mass is 10.0. The highest BCUT2D eigenvalue weighted by Crippen LogP contribution is 2.30. The van der Waals surface area contributed by atoms with Gasteiger partial charge in [0.25, 0.3) is 0 Å². The van der Waals surface area contributed by atoms with Crippen LogP contribution in [0.25, 0.3) is 22.0 Å². The Morgan fingerprint density at radius 2 is 1.76 bits per heavy atom. The van der Waals surface area contributed by atoms with Crippen molar-refractivity contribution in [2.45, 2.75) is 6.92 Å². The summed E-state index contributed by atoms with van der Waals surface area (Å²) in [7, 11) is -1.44. The highest BCUT2D eigenvalue weighted by Gasteiger charge is 2.18. The van der Waals surface area contributed by atoms with Crippen LogP contribution in [0, 0.1) is 6.92 Å². The molecule has 0 bridgehead atoms. The maximum atomic E-state index is 12.8. The van der Waals surface area contributed by atoms with Gasteiger partial charge in [0.1, 0.15) is 12.1 Å². The minimum absolute atomic E-state index is 0.0340. The van der Waals surface area contributed by atoms with Crippen molar-refractivity contribution < 1.29 is 8.42 Å². The van der Waals surface area contributed by atoms with Gasteiger partial charge in [-0.1, -0.05) is 23.7 Å². The van der Waals surface area contributed by atoms with Crippen LogP contribution in [0.2, 0.25) is 5.02 Å². The number of nitrogens with zero attached hydrogens (tertiary/aromatic N) is 5. The Hall–Kier alpha value is -3.31. The van der Waals surface area contributed by atoms with E-state index in [0.717, 1.165) is 59.5 Å². The van der Waals surface area contributed by atoms with E-state index in [2.05, 4.69) is 41.8 Å². The van der Waals surface area contributed by atoms with Crippen LogP contribution < -0.4 is 10.0 Å². The minimum Gasteiger partial charge on any atom is -0.340 e. The van der Waals surface area contributed by atoms with Crippen molar-refractivity contribution >= 4 is 49.7 Å². The van der Waals surface area contributed by atoms with E-state index in [1.54, 1.807) is 12.3 Å². The number of halogens is 1. The van der Waals surface area contributed by atoms with Crippen molar-refractivity contribution in [2.75, 3.05) is 55.6 Å². The van der Waals surface area contributed by atoms with E-state index in [-0.39, 0.29) is 5.75 Å². The van der Waals surface area contributed by atoms with E-state index in [1.165, 1.54) is 12.5 Å². The Kier molecular flexibility index (Phi) is 7.75. The Labute approximate surface area is 227 Å². The quantitative estimate of drug-likeness (QED) is 0.332. The number of rotatable bonds is 8. The molecule has 5 rings (SSSR count). The monoisotopic (exact) mass is 551 g/mol. The van der Waals surface area contributed by atoms with Gasteiger partial charge in [-0.05, 0) is 55.4 Å². The maximum absolute atomic E-state index is 12.8. The Balaban J connectivity index is 1.34. The Morgan fingerprint density at radius 3 is 2.55 bits per heavy atom. The number of fused-ring (bicyclic) bond motifs is 1. The van der Waals surface area contributed by atoms with Gasteiger partial charge in [-0.25, -0.2) is 18.4 Å². The number of hydrogen-bond acceptors (Lipinski definition) is 8. The van der Waals surface area contributed by atoms with Crippen molar-refractivity contribution in [3.8, 4) is 11.1 Å². The number of piperazine rings is 1. The summed E-state index contributed by atoms with van der Waals surface area (Å²) in [6.07, 6.45) is 4.74. The maximum Gasteiger partial charge on any atom is 0.234 e. The largest absolute Gasteiger partial charge is 0.340 e. The molecule has 4 aromatic rings. The summed E-state index contributed by atoms with van der Waals surface area (Å²) in [5.41, 5.74) is 4.66. The van der Waals surface area contributed by atoms with Gasteiger partial charge in [-0.3, -0.25) is 14.6 Å². The SMILES string of the molecule is Cc1ccc(Nc2ncnc3ccc(-c4cncc(NS(=O)(=O)CCN5CCN(C)CC5)c4)cc23)cc1Cl. The molecule has 0 radical (unpaired) electrons. The topological polar surface area (TPSA) is 103 Å². The third-order valence-electron chi connectivity index (χ3n) is 6.69. The zero-order valence-electron chi connectivity index (χ0n) is 21.4. The molecule has 0 spiro atoms. The van der Waals surface area contributed by atoms with E-state index in [0.29, 0.717) is 23.1 Å². The van der Waals surface area contributed by atoms with E-state index < -0.39 is 10.0 Å². The standard InChI is InChI=1S/C27H30ClN7O2S/c1-19-3-5-22(15-25(19)28)32-27-24-14-20(4-6-26(24)30-18-31-27)21-13-23(17-29-16-21)33-38(36,37)12-11-35-9-7-34(2)8-10-35/h3-6,13-18,33H,7-12H2,1-2H3,(H,30,31,32). The number of sulfonamides is 1. The number of likely N-dealkylation sites (N-methyl/N-ethyl adjacent to an activating group) is 1. The first kappa shape index (κ1) is 26.3. The molecule has 1 aliphatic rings. The second-order valence-corrected chi connectivity index (χ2v) is 11.8. The number of pyridine rings is 1. The fourth-order valence-electron chi connectivity index (χ4n) is 4.35. The average molecular weight is 552 g/mol. The molecule has 38 heavy (non-hydrogen) atoms. The number of aryl methyl sites for hydroxylation is 1. The average Bonchev–Trinajstić information content (AvgIpc) is 2.90. The zero-order valence-corrected chi connectivity index (χ0v) is 22.9. The molecule has 198 valence electrons. The van der Waals surface area contributed by atoms with Gasteiger partial charge in [0.15, 0.2) is 0 Å². The van der Waals surface area contributed by atoms with Crippen LogP contribution in [0.4, 0.5) is 17.2 Å². The first-order valence-corrected chi connectivity index (χ1v) is 14.4. The third kappa shape index (κ3) is 6.39. The van der Waals surface area contributed by atoms with Crippen LogP contribution in [-0.2, 0) is 10.0 Å². The van der Waals surface area contributed by atoms with Crippen LogP contribution in [0.1, 0.15) is 5.56 Å². The van der Waals surface area contributed by atoms with E-state index in [4.69, 9.17) is 11.6 Å². The number of hydrogen-bond donors (Lipinski definition) is 2. The minimum atomic E-state index is -3.52. The van der Waals surface area contributed by atoms with Crippen LogP contribution in [0.15, 0.2) is 61.2 Å². The second kappa shape index (κ2) is 11.2. The molecule has 11 heteroatoms. The van der Waals surface area contributed by atoms with Crippen molar-refractivity contribution in [1.82, 2.24) is 24.8 Å². The van der Waals surface area contributed by atoms with Gasteiger partial charge in [-0.2, -0.15) is 0 Å². The summed E-state index contributed by atoms with van der Waals surface area (Å²) in [4.78, 5) is 17.5. The lowest BCUT2D eigenvalue weighted by Crippen LogP contribution is -2.46. The normalized spacial score (nSPS) is 15.0. The van der Waals surface area contributed by atoms with Gasteiger partial charge in [0.05, 0.1) is 23.2 Å². The van der Waals surface area contributed by atoms with E-state index >= 15 is 0 Å². The van der Waals surface area contributed by atoms with E-state index in [9.17, 15) is 8.42 Å². The van der Waals surface area contributed by atoms with Crippen molar-refractivity contribution in [3.63, 3.8) is 0 Å². The highest BCUT2D eigenvalue weighted by atomic mass is 35.5. The zero-order chi connectivity index (χ0) is 26.7. The van der Waals surface area contributed by atoms with Crippen molar-refractivity contribution in [2.24, 2.45) is 0 Å². The smallest absolute Gasteiger partial charge is 0.234 e. The summed E-state index contributed by atoms with van der Waals surface area (Å²) in [6, 6.07) is 13.4. The lowest BCUT2D eigenvalue weighted by Gasteiger charge is -2.32. The molecular weight excluding hydrogens is 522 g/mol. The van der Waals surface area contributed by atoms with Gasteiger partial charge in [0, 0.05) is 60.6 Å². The summed E-state index contributed by atoms with van der Waals surface area (Å²) in [6.45, 7) is 6.11. The number of aromatic nitrogens is 3.